The molecule has 0 aliphatic carbocycles. The first-order valence-electron chi connectivity index (χ1n) is 7.88. The standard InChI is InChI=1S/C19H18ClNO4S/c1-12(22)26-11-14(9-13-5-3-2-4-6-13)18(23)21-15-7-8-16(19(24)25)17(20)10-15/h2-8,10,14H,9,11H2,1H3,(H,21,23)(H,24,25). The topological polar surface area (TPSA) is 83.5 Å². The molecule has 26 heavy (non-hydrogen) atoms. The first-order valence-corrected chi connectivity index (χ1v) is 9.24. The van der Waals surface area contributed by atoms with Gasteiger partial charge in [0.05, 0.1) is 16.5 Å². The van der Waals surface area contributed by atoms with E-state index in [4.69, 9.17) is 16.7 Å². The van der Waals surface area contributed by atoms with Crippen molar-refractivity contribution in [3.8, 4) is 0 Å². The van der Waals surface area contributed by atoms with E-state index in [9.17, 15) is 14.4 Å². The monoisotopic (exact) mass is 391 g/mol. The van der Waals surface area contributed by atoms with E-state index in [1.807, 2.05) is 30.3 Å². The minimum absolute atomic E-state index is 0.0300. The average molecular weight is 392 g/mol. The molecule has 0 aromatic heterocycles. The van der Waals surface area contributed by atoms with Gasteiger partial charge in [-0.3, -0.25) is 9.59 Å². The van der Waals surface area contributed by atoms with Crippen molar-refractivity contribution in [3.05, 3.63) is 64.7 Å². The van der Waals surface area contributed by atoms with Crippen LogP contribution >= 0.6 is 23.4 Å². The van der Waals surface area contributed by atoms with E-state index in [2.05, 4.69) is 5.32 Å². The summed E-state index contributed by atoms with van der Waals surface area (Å²) in [6.45, 7) is 1.46. The number of amides is 1. The molecule has 2 rings (SSSR count). The second-order valence-electron chi connectivity index (χ2n) is 5.68. The van der Waals surface area contributed by atoms with Crippen LogP contribution in [-0.4, -0.2) is 27.9 Å². The van der Waals surface area contributed by atoms with Gasteiger partial charge in [0.1, 0.15) is 0 Å². The Morgan fingerprint density at radius 3 is 2.42 bits per heavy atom. The Balaban J connectivity index is 2.13. The molecule has 0 aliphatic rings. The zero-order chi connectivity index (χ0) is 19.1. The van der Waals surface area contributed by atoms with Crippen molar-refractivity contribution in [2.24, 2.45) is 5.92 Å². The van der Waals surface area contributed by atoms with E-state index in [0.29, 0.717) is 17.9 Å². The third-order valence-corrected chi connectivity index (χ3v) is 4.94. The molecular formula is C19H18ClNO4S. The summed E-state index contributed by atoms with van der Waals surface area (Å²) in [7, 11) is 0. The fourth-order valence-electron chi connectivity index (χ4n) is 2.35. The lowest BCUT2D eigenvalue weighted by molar-refractivity contribution is -0.119. The Hall–Kier alpha value is -2.31. The Labute approximate surface area is 160 Å². The van der Waals surface area contributed by atoms with Gasteiger partial charge in [-0.2, -0.15) is 0 Å². The van der Waals surface area contributed by atoms with E-state index in [-0.39, 0.29) is 21.6 Å². The van der Waals surface area contributed by atoms with Crippen molar-refractivity contribution in [2.45, 2.75) is 13.3 Å². The van der Waals surface area contributed by atoms with E-state index in [1.54, 1.807) is 0 Å². The lowest BCUT2D eigenvalue weighted by Gasteiger charge is -2.16. The van der Waals surface area contributed by atoms with E-state index in [0.717, 1.165) is 17.3 Å². The number of thioether (sulfide) groups is 1. The Kier molecular flexibility index (Phi) is 7.24. The number of carbonyl (C=O) groups excluding carboxylic acids is 2. The van der Waals surface area contributed by atoms with Gasteiger partial charge in [-0.15, -0.1) is 0 Å². The van der Waals surface area contributed by atoms with Gasteiger partial charge in [0.15, 0.2) is 5.12 Å². The van der Waals surface area contributed by atoms with Crippen LogP contribution in [0.5, 0.6) is 0 Å². The maximum Gasteiger partial charge on any atom is 0.337 e. The van der Waals surface area contributed by atoms with E-state index in [1.165, 1.54) is 25.1 Å². The number of carboxylic acids is 1. The second kappa shape index (κ2) is 9.40. The fraction of sp³-hybridized carbons (Fsp3) is 0.211. The fourth-order valence-corrected chi connectivity index (χ4v) is 3.32. The quantitative estimate of drug-likeness (QED) is 0.741. The third kappa shape index (κ3) is 5.89. The predicted octanol–water partition coefficient (Wildman–Crippen LogP) is 4.12. The van der Waals surface area contributed by atoms with Crippen molar-refractivity contribution >= 4 is 46.0 Å². The molecule has 0 radical (unpaired) electrons. The summed E-state index contributed by atoms with van der Waals surface area (Å²) in [4.78, 5) is 35.0. The Bertz CT molecular complexity index is 810. The molecule has 136 valence electrons. The number of hydrogen-bond donors (Lipinski definition) is 2. The molecule has 1 atom stereocenters. The highest BCUT2D eigenvalue weighted by Gasteiger charge is 2.21. The molecule has 0 spiro atoms. The lowest BCUT2D eigenvalue weighted by Crippen LogP contribution is -2.27. The highest BCUT2D eigenvalue weighted by atomic mass is 35.5. The summed E-state index contributed by atoms with van der Waals surface area (Å²) in [6.07, 6.45) is 0.494. The van der Waals surface area contributed by atoms with Gasteiger partial charge in [-0.1, -0.05) is 53.7 Å². The molecule has 1 unspecified atom stereocenters. The van der Waals surface area contributed by atoms with Crippen LogP contribution in [-0.2, 0) is 16.0 Å². The maximum absolute atomic E-state index is 12.7. The summed E-state index contributed by atoms with van der Waals surface area (Å²) >= 11 is 7.04. The number of carboxylic acid groups (broad SMARTS) is 1. The number of halogens is 1. The van der Waals surface area contributed by atoms with E-state index < -0.39 is 11.9 Å². The van der Waals surface area contributed by atoms with Gasteiger partial charge in [-0.05, 0) is 30.2 Å². The minimum atomic E-state index is -1.13. The molecule has 2 aromatic rings. The van der Waals surface area contributed by atoms with E-state index >= 15 is 0 Å². The zero-order valence-electron chi connectivity index (χ0n) is 14.1. The smallest absolute Gasteiger partial charge is 0.337 e. The summed E-state index contributed by atoms with van der Waals surface area (Å²) in [5.74, 6) is -1.43. The van der Waals surface area contributed by atoms with Crippen LogP contribution in [0.4, 0.5) is 5.69 Å². The molecule has 7 heteroatoms. The van der Waals surface area contributed by atoms with Crippen molar-refractivity contribution in [1.29, 1.82) is 0 Å². The predicted molar refractivity (Wildman–Crippen MR) is 104 cm³/mol. The highest BCUT2D eigenvalue weighted by molar-refractivity contribution is 8.13. The van der Waals surface area contributed by atoms with Crippen molar-refractivity contribution in [1.82, 2.24) is 0 Å². The molecule has 0 saturated heterocycles. The third-order valence-electron chi connectivity index (χ3n) is 3.65. The largest absolute Gasteiger partial charge is 0.478 e. The summed E-state index contributed by atoms with van der Waals surface area (Å²) in [6, 6.07) is 13.8. The molecule has 0 aliphatic heterocycles. The van der Waals surface area contributed by atoms with Gasteiger partial charge in [0.2, 0.25) is 5.91 Å². The van der Waals surface area contributed by atoms with Crippen LogP contribution in [0.3, 0.4) is 0 Å². The van der Waals surface area contributed by atoms with Gasteiger partial charge in [0.25, 0.3) is 0 Å². The van der Waals surface area contributed by atoms with Crippen LogP contribution in [0.1, 0.15) is 22.8 Å². The van der Waals surface area contributed by atoms with Crippen LogP contribution in [0.15, 0.2) is 48.5 Å². The molecule has 1 amide bonds. The lowest BCUT2D eigenvalue weighted by atomic mass is 10.00. The highest BCUT2D eigenvalue weighted by Crippen LogP contribution is 2.23. The number of benzene rings is 2. The van der Waals surface area contributed by atoms with Gasteiger partial charge in [-0.25, -0.2) is 4.79 Å². The number of carbonyl (C=O) groups is 3. The van der Waals surface area contributed by atoms with Crippen LogP contribution in [0.2, 0.25) is 5.02 Å². The molecule has 2 N–H and O–H groups in total. The second-order valence-corrected chi connectivity index (χ2v) is 7.28. The summed E-state index contributed by atoms with van der Waals surface area (Å²) in [5, 5.41) is 11.8. The zero-order valence-corrected chi connectivity index (χ0v) is 15.6. The number of hydrogen-bond acceptors (Lipinski definition) is 4. The first kappa shape index (κ1) is 20.0. The van der Waals surface area contributed by atoms with Crippen LogP contribution in [0, 0.1) is 5.92 Å². The molecule has 5 nitrogen and oxygen atoms in total. The molecule has 2 aromatic carbocycles. The van der Waals surface area contributed by atoms with Crippen LogP contribution in [0.25, 0.3) is 0 Å². The summed E-state index contributed by atoms with van der Waals surface area (Å²) < 4.78 is 0. The Morgan fingerprint density at radius 1 is 1.15 bits per heavy atom. The molecular weight excluding hydrogens is 374 g/mol. The normalized spacial score (nSPS) is 11.6. The van der Waals surface area contributed by atoms with Gasteiger partial charge >= 0.3 is 5.97 Å². The van der Waals surface area contributed by atoms with Crippen molar-refractivity contribution in [2.75, 3.05) is 11.1 Å². The minimum Gasteiger partial charge on any atom is -0.478 e. The first-order chi connectivity index (χ1) is 12.4. The molecule has 0 bridgehead atoms. The van der Waals surface area contributed by atoms with Crippen LogP contribution < -0.4 is 5.32 Å². The van der Waals surface area contributed by atoms with Crippen molar-refractivity contribution < 1.29 is 19.5 Å². The molecule has 0 fully saturated rings. The maximum atomic E-state index is 12.7. The number of nitrogens with one attached hydrogen (secondary N) is 1. The molecule has 0 saturated carbocycles. The number of anilines is 1. The van der Waals surface area contributed by atoms with Gasteiger partial charge in [0, 0.05) is 18.4 Å². The average Bonchev–Trinajstić information content (AvgIpc) is 2.59. The van der Waals surface area contributed by atoms with Gasteiger partial charge < -0.3 is 10.4 Å². The Morgan fingerprint density at radius 2 is 1.85 bits per heavy atom. The van der Waals surface area contributed by atoms with Crippen molar-refractivity contribution in [3.63, 3.8) is 0 Å². The number of aromatic carboxylic acids is 1. The number of rotatable bonds is 7. The molecule has 0 heterocycles. The summed E-state index contributed by atoms with van der Waals surface area (Å²) in [5.41, 5.74) is 1.38. The SMILES string of the molecule is CC(=O)SCC(Cc1ccccc1)C(=O)Nc1ccc(C(=O)O)c(Cl)c1.